The number of aromatic nitrogens is 3. The van der Waals surface area contributed by atoms with Crippen molar-refractivity contribution < 1.29 is 4.21 Å². The van der Waals surface area contributed by atoms with E-state index in [1.165, 1.54) is 6.20 Å². The van der Waals surface area contributed by atoms with E-state index in [0.29, 0.717) is 16.3 Å². The summed E-state index contributed by atoms with van der Waals surface area (Å²) in [6, 6.07) is 1.68. The number of anilines is 1. The fraction of sp³-hybridized carbons (Fsp3) is 0.0909. The van der Waals surface area contributed by atoms with Crippen LogP contribution in [0.1, 0.15) is 5.69 Å². The van der Waals surface area contributed by atoms with Crippen molar-refractivity contribution in [2.24, 2.45) is 0 Å². The Morgan fingerprint density at radius 1 is 1.50 bits per heavy atom. The van der Waals surface area contributed by atoms with Crippen LogP contribution in [0.3, 0.4) is 0 Å². The van der Waals surface area contributed by atoms with Crippen molar-refractivity contribution in [1.82, 2.24) is 14.4 Å². The lowest BCUT2D eigenvalue weighted by atomic mass is 10.4. The summed E-state index contributed by atoms with van der Waals surface area (Å²) in [7, 11) is -1.19. The van der Waals surface area contributed by atoms with Gasteiger partial charge in [-0.25, -0.2) is 4.98 Å². The molecule has 3 aromatic rings. The SMILES string of the molecule is Nc1cnccc1S(=O)Cc1cn2ccsc2n1. The molecule has 7 heteroatoms. The average Bonchev–Trinajstić information content (AvgIpc) is 2.90. The molecule has 1 atom stereocenters. The van der Waals surface area contributed by atoms with Crippen molar-refractivity contribution in [2.45, 2.75) is 10.6 Å². The van der Waals surface area contributed by atoms with Crippen LogP contribution >= 0.6 is 11.3 Å². The fourth-order valence-corrected chi connectivity index (χ4v) is 3.47. The third-order valence-corrected chi connectivity index (χ3v) is 4.67. The molecule has 3 rings (SSSR count). The minimum atomic E-state index is -1.19. The molecule has 0 spiro atoms. The molecule has 0 aliphatic heterocycles. The van der Waals surface area contributed by atoms with Crippen molar-refractivity contribution in [3.8, 4) is 0 Å². The van der Waals surface area contributed by atoms with Gasteiger partial charge in [0.05, 0.1) is 39.0 Å². The van der Waals surface area contributed by atoms with Crippen molar-refractivity contribution in [2.75, 3.05) is 5.73 Å². The van der Waals surface area contributed by atoms with Crippen molar-refractivity contribution >= 4 is 32.8 Å². The molecule has 2 N–H and O–H groups in total. The average molecular weight is 278 g/mol. The van der Waals surface area contributed by atoms with Crippen LogP contribution in [-0.4, -0.2) is 18.6 Å². The van der Waals surface area contributed by atoms with Gasteiger partial charge in [0.15, 0.2) is 4.96 Å². The van der Waals surface area contributed by atoms with Gasteiger partial charge in [0.1, 0.15) is 0 Å². The standard InChI is InChI=1S/C11H10N4OS2/c12-9-5-13-2-1-10(9)18(16)7-8-6-15-3-4-17-11(15)14-8/h1-6H,7,12H2. The minimum Gasteiger partial charge on any atom is -0.396 e. The Bertz CT molecular complexity index is 690. The van der Waals surface area contributed by atoms with E-state index in [4.69, 9.17) is 5.73 Å². The van der Waals surface area contributed by atoms with Gasteiger partial charge >= 0.3 is 0 Å². The Kier molecular flexibility index (Phi) is 2.85. The van der Waals surface area contributed by atoms with Gasteiger partial charge in [-0.2, -0.15) is 0 Å². The molecule has 0 saturated carbocycles. The van der Waals surface area contributed by atoms with Gasteiger partial charge in [-0.15, -0.1) is 11.3 Å². The summed E-state index contributed by atoms with van der Waals surface area (Å²) in [6.07, 6.45) is 6.93. The molecule has 3 aromatic heterocycles. The number of hydrogen-bond acceptors (Lipinski definition) is 5. The summed E-state index contributed by atoms with van der Waals surface area (Å²) in [5.74, 6) is 0.364. The summed E-state index contributed by atoms with van der Waals surface area (Å²) in [4.78, 5) is 9.80. The number of thiazole rings is 1. The molecule has 5 nitrogen and oxygen atoms in total. The van der Waals surface area contributed by atoms with Crippen molar-refractivity contribution in [3.05, 3.63) is 41.9 Å². The van der Waals surface area contributed by atoms with Crippen LogP contribution in [0.15, 0.2) is 41.1 Å². The number of nitrogen functional groups attached to an aromatic ring is 1. The van der Waals surface area contributed by atoms with E-state index in [-0.39, 0.29) is 0 Å². The number of fused-ring (bicyclic) bond motifs is 1. The van der Waals surface area contributed by atoms with Gasteiger partial charge in [-0.3, -0.25) is 13.6 Å². The third kappa shape index (κ3) is 2.02. The topological polar surface area (TPSA) is 73.3 Å². The van der Waals surface area contributed by atoms with E-state index in [0.717, 1.165) is 10.7 Å². The summed E-state index contributed by atoms with van der Waals surface area (Å²) in [5, 5.41) is 1.96. The van der Waals surface area contributed by atoms with Crippen LogP contribution < -0.4 is 5.73 Å². The molecule has 0 fully saturated rings. The normalized spacial score (nSPS) is 12.9. The van der Waals surface area contributed by atoms with E-state index in [2.05, 4.69) is 9.97 Å². The molecular weight excluding hydrogens is 268 g/mol. The summed E-state index contributed by atoms with van der Waals surface area (Å²) in [6.45, 7) is 0. The van der Waals surface area contributed by atoms with Crippen molar-refractivity contribution in [1.29, 1.82) is 0 Å². The predicted molar refractivity (Wildman–Crippen MR) is 71.8 cm³/mol. The van der Waals surface area contributed by atoms with E-state index in [1.807, 2.05) is 22.2 Å². The number of imidazole rings is 1. The third-order valence-electron chi connectivity index (χ3n) is 2.48. The number of nitrogens with two attached hydrogens (primary N) is 1. The first-order valence-corrected chi connectivity index (χ1v) is 7.43. The number of pyridine rings is 1. The maximum Gasteiger partial charge on any atom is 0.193 e. The highest BCUT2D eigenvalue weighted by atomic mass is 32.2. The highest BCUT2D eigenvalue weighted by Crippen LogP contribution is 2.18. The highest BCUT2D eigenvalue weighted by molar-refractivity contribution is 7.84. The van der Waals surface area contributed by atoms with Gasteiger partial charge < -0.3 is 5.73 Å². The summed E-state index contributed by atoms with van der Waals surface area (Å²) < 4.78 is 14.1. The van der Waals surface area contributed by atoms with Crippen LogP contribution in [-0.2, 0) is 16.6 Å². The van der Waals surface area contributed by atoms with Crippen LogP contribution in [0, 0.1) is 0 Å². The molecule has 0 radical (unpaired) electrons. The zero-order chi connectivity index (χ0) is 12.5. The van der Waals surface area contributed by atoms with Crippen LogP contribution in [0.2, 0.25) is 0 Å². The summed E-state index contributed by atoms with van der Waals surface area (Å²) >= 11 is 1.55. The molecule has 0 aromatic carbocycles. The quantitative estimate of drug-likeness (QED) is 0.791. The largest absolute Gasteiger partial charge is 0.396 e. The molecule has 92 valence electrons. The Morgan fingerprint density at radius 3 is 3.17 bits per heavy atom. The molecular formula is C11H10N4OS2. The lowest BCUT2D eigenvalue weighted by Crippen LogP contribution is -2.01. The molecule has 0 saturated heterocycles. The first-order chi connectivity index (χ1) is 8.74. The highest BCUT2D eigenvalue weighted by Gasteiger charge is 2.11. The zero-order valence-electron chi connectivity index (χ0n) is 9.31. The number of nitrogens with zero attached hydrogens (tertiary/aromatic N) is 3. The Morgan fingerprint density at radius 2 is 2.39 bits per heavy atom. The molecule has 0 aliphatic rings. The second-order valence-corrected chi connectivity index (χ2v) is 6.02. The molecule has 18 heavy (non-hydrogen) atoms. The first-order valence-electron chi connectivity index (χ1n) is 5.23. The maximum atomic E-state index is 12.2. The van der Waals surface area contributed by atoms with Gasteiger partial charge in [-0.05, 0) is 6.07 Å². The monoisotopic (exact) mass is 278 g/mol. The molecule has 0 aliphatic carbocycles. The zero-order valence-corrected chi connectivity index (χ0v) is 10.9. The van der Waals surface area contributed by atoms with Gasteiger partial charge in [-0.1, -0.05) is 0 Å². The minimum absolute atomic E-state index is 0.364. The Hall–Kier alpha value is -1.73. The molecule has 1 unspecified atom stereocenters. The van der Waals surface area contributed by atoms with Gasteiger partial charge in [0.2, 0.25) is 0 Å². The fourth-order valence-electron chi connectivity index (χ4n) is 1.66. The van der Waals surface area contributed by atoms with Gasteiger partial charge in [0, 0.05) is 24.0 Å². The smallest absolute Gasteiger partial charge is 0.193 e. The van der Waals surface area contributed by atoms with Crippen LogP contribution in [0.5, 0.6) is 0 Å². The second kappa shape index (κ2) is 4.51. The van der Waals surface area contributed by atoms with Gasteiger partial charge in [0.25, 0.3) is 0 Å². The van der Waals surface area contributed by atoms with Crippen LogP contribution in [0.4, 0.5) is 5.69 Å². The summed E-state index contributed by atoms with van der Waals surface area (Å²) in [5.41, 5.74) is 7.01. The Balaban J connectivity index is 1.87. The number of hydrogen-bond donors (Lipinski definition) is 1. The van der Waals surface area contributed by atoms with Crippen LogP contribution in [0.25, 0.3) is 4.96 Å². The van der Waals surface area contributed by atoms with E-state index in [1.54, 1.807) is 23.6 Å². The van der Waals surface area contributed by atoms with Crippen molar-refractivity contribution in [3.63, 3.8) is 0 Å². The molecule has 0 bridgehead atoms. The lowest BCUT2D eigenvalue weighted by Gasteiger charge is -2.02. The lowest BCUT2D eigenvalue weighted by molar-refractivity contribution is 0.682. The maximum absolute atomic E-state index is 12.2. The number of rotatable bonds is 3. The molecule has 3 heterocycles. The Labute approximate surface area is 110 Å². The first kappa shape index (κ1) is 11.4. The second-order valence-electron chi connectivity index (χ2n) is 3.73. The predicted octanol–water partition coefficient (Wildman–Crippen LogP) is 1.68. The molecule has 0 amide bonds. The van der Waals surface area contributed by atoms with E-state index in [9.17, 15) is 4.21 Å². The van der Waals surface area contributed by atoms with E-state index >= 15 is 0 Å². The van der Waals surface area contributed by atoms with E-state index < -0.39 is 10.8 Å².